The van der Waals surface area contributed by atoms with Gasteiger partial charge in [0.05, 0.1) is 5.02 Å². The monoisotopic (exact) mass is 289 g/mol. The third-order valence-corrected chi connectivity index (χ3v) is 3.30. The lowest BCUT2D eigenvalue weighted by Crippen LogP contribution is -1.85. The van der Waals surface area contributed by atoms with Gasteiger partial charge >= 0.3 is 0 Å². The molecular formula is C14H9ClFN3O. The maximum absolute atomic E-state index is 13.3. The molecule has 0 unspecified atom stereocenters. The van der Waals surface area contributed by atoms with Gasteiger partial charge in [-0.05, 0) is 48.0 Å². The number of imidazole rings is 1. The number of nitrogens with zero attached hydrogens (tertiary/aromatic N) is 3. The summed E-state index contributed by atoms with van der Waals surface area (Å²) in [6, 6.07) is 7.92. The standard InChI is InChI=1S/C14H9ClFN3O/c1-8-6-9(2-4-11(8)16)13-14(18-20)19-7-10(15)3-5-12(19)17-13/h2-7H,1H3. The van der Waals surface area contributed by atoms with Crippen molar-refractivity contribution in [3.63, 3.8) is 0 Å². The second kappa shape index (κ2) is 4.68. The SMILES string of the molecule is Cc1cc(-c2nc3ccc(Cl)cn3c2N=O)ccc1F. The van der Waals surface area contributed by atoms with E-state index in [2.05, 4.69) is 10.2 Å². The molecule has 0 radical (unpaired) electrons. The van der Waals surface area contributed by atoms with Crippen molar-refractivity contribution in [1.82, 2.24) is 9.38 Å². The Labute approximate surface area is 118 Å². The third kappa shape index (κ3) is 1.96. The molecule has 0 bridgehead atoms. The number of fused-ring (bicyclic) bond motifs is 1. The molecular weight excluding hydrogens is 281 g/mol. The Balaban J connectivity index is 2.30. The van der Waals surface area contributed by atoms with Gasteiger partial charge in [0.25, 0.3) is 0 Å². The number of pyridine rings is 1. The first-order valence-corrected chi connectivity index (χ1v) is 6.25. The maximum Gasteiger partial charge on any atom is 0.209 e. The quantitative estimate of drug-likeness (QED) is 0.652. The zero-order valence-corrected chi connectivity index (χ0v) is 11.2. The van der Waals surface area contributed by atoms with E-state index in [-0.39, 0.29) is 11.6 Å². The van der Waals surface area contributed by atoms with Gasteiger partial charge in [-0.1, -0.05) is 11.6 Å². The molecule has 3 rings (SSSR count). The highest BCUT2D eigenvalue weighted by Crippen LogP contribution is 2.32. The molecule has 0 aliphatic carbocycles. The number of hydrogen-bond acceptors (Lipinski definition) is 3. The summed E-state index contributed by atoms with van der Waals surface area (Å²) in [5.74, 6) is -0.158. The molecule has 100 valence electrons. The predicted molar refractivity (Wildman–Crippen MR) is 75.8 cm³/mol. The Kier molecular flexibility index (Phi) is 2.99. The summed E-state index contributed by atoms with van der Waals surface area (Å²) in [5, 5.41) is 3.50. The van der Waals surface area contributed by atoms with Crippen LogP contribution in [0.4, 0.5) is 10.2 Å². The first-order chi connectivity index (χ1) is 9.60. The smallest absolute Gasteiger partial charge is 0.209 e. The number of aryl methyl sites for hydroxylation is 1. The summed E-state index contributed by atoms with van der Waals surface area (Å²) in [4.78, 5) is 15.5. The van der Waals surface area contributed by atoms with Crippen LogP contribution in [0.2, 0.25) is 5.02 Å². The summed E-state index contributed by atoms with van der Waals surface area (Å²) in [7, 11) is 0. The van der Waals surface area contributed by atoms with Gasteiger partial charge in [0.2, 0.25) is 5.82 Å². The highest BCUT2D eigenvalue weighted by molar-refractivity contribution is 6.30. The fourth-order valence-electron chi connectivity index (χ4n) is 2.08. The van der Waals surface area contributed by atoms with Crippen molar-refractivity contribution in [3.8, 4) is 11.3 Å². The molecule has 3 aromatic rings. The zero-order valence-electron chi connectivity index (χ0n) is 10.5. The Morgan fingerprint density at radius 3 is 2.80 bits per heavy atom. The number of benzene rings is 1. The first-order valence-electron chi connectivity index (χ1n) is 5.87. The minimum atomic E-state index is -0.304. The van der Waals surface area contributed by atoms with Gasteiger partial charge in [-0.25, -0.2) is 9.37 Å². The van der Waals surface area contributed by atoms with Crippen molar-refractivity contribution in [1.29, 1.82) is 0 Å². The van der Waals surface area contributed by atoms with Gasteiger partial charge in [0.1, 0.15) is 17.2 Å². The minimum absolute atomic E-state index is 0.147. The van der Waals surface area contributed by atoms with Crippen LogP contribution in [0.5, 0.6) is 0 Å². The van der Waals surface area contributed by atoms with Crippen LogP contribution < -0.4 is 0 Å². The highest BCUT2D eigenvalue weighted by atomic mass is 35.5. The molecule has 0 amide bonds. The lowest BCUT2D eigenvalue weighted by molar-refractivity contribution is 0.619. The van der Waals surface area contributed by atoms with E-state index in [9.17, 15) is 9.30 Å². The predicted octanol–water partition coefficient (Wildman–Crippen LogP) is 4.50. The highest BCUT2D eigenvalue weighted by Gasteiger charge is 2.15. The second-order valence-electron chi connectivity index (χ2n) is 4.41. The molecule has 0 aliphatic heterocycles. The van der Waals surface area contributed by atoms with Gasteiger partial charge in [0, 0.05) is 11.8 Å². The number of nitroso groups, excluding NO2 is 1. The lowest BCUT2D eigenvalue weighted by atomic mass is 10.1. The molecule has 20 heavy (non-hydrogen) atoms. The van der Waals surface area contributed by atoms with Gasteiger partial charge in [-0.15, -0.1) is 4.91 Å². The van der Waals surface area contributed by atoms with Crippen LogP contribution in [0, 0.1) is 17.6 Å². The molecule has 1 aromatic carbocycles. The molecule has 0 spiro atoms. The summed E-state index contributed by atoms with van der Waals surface area (Å²) < 4.78 is 14.8. The average molecular weight is 290 g/mol. The molecule has 0 saturated heterocycles. The van der Waals surface area contributed by atoms with Crippen molar-refractivity contribution in [2.24, 2.45) is 5.18 Å². The van der Waals surface area contributed by atoms with Gasteiger partial charge in [-0.2, -0.15) is 0 Å². The first kappa shape index (κ1) is 12.7. The van der Waals surface area contributed by atoms with Gasteiger partial charge in [-0.3, -0.25) is 4.40 Å². The summed E-state index contributed by atoms with van der Waals surface area (Å²) in [6.07, 6.45) is 1.57. The van der Waals surface area contributed by atoms with Crippen molar-refractivity contribution >= 4 is 23.1 Å². The number of hydrogen-bond donors (Lipinski definition) is 0. The summed E-state index contributed by atoms with van der Waals surface area (Å²) in [6.45, 7) is 1.65. The van der Waals surface area contributed by atoms with Gasteiger partial charge < -0.3 is 0 Å². The van der Waals surface area contributed by atoms with Crippen LogP contribution >= 0.6 is 11.6 Å². The molecule has 4 nitrogen and oxygen atoms in total. The Bertz CT molecular complexity index is 829. The second-order valence-corrected chi connectivity index (χ2v) is 4.85. The third-order valence-electron chi connectivity index (χ3n) is 3.08. The van der Waals surface area contributed by atoms with Crippen molar-refractivity contribution in [2.75, 3.05) is 0 Å². The van der Waals surface area contributed by atoms with Crippen molar-refractivity contribution in [3.05, 3.63) is 57.8 Å². The van der Waals surface area contributed by atoms with Crippen LogP contribution in [-0.2, 0) is 0 Å². The van der Waals surface area contributed by atoms with Crippen LogP contribution in [0.1, 0.15) is 5.56 Å². The van der Waals surface area contributed by atoms with E-state index in [0.29, 0.717) is 27.5 Å². The molecule has 6 heteroatoms. The van der Waals surface area contributed by atoms with Crippen LogP contribution in [0.3, 0.4) is 0 Å². The molecule has 2 heterocycles. The Morgan fingerprint density at radius 2 is 2.10 bits per heavy atom. The molecule has 0 atom stereocenters. The largest absolute Gasteiger partial charge is 0.280 e. The maximum atomic E-state index is 13.3. The fraction of sp³-hybridized carbons (Fsp3) is 0.0714. The van der Waals surface area contributed by atoms with Crippen molar-refractivity contribution in [2.45, 2.75) is 6.92 Å². The van der Waals surface area contributed by atoms with E-state index in [4.69, 9.17) is 11.6 Å². The lowest BCUT2D eigenvalue weighted by Gasteiger charge is -2.01. The Morgan fingerprint density at radius 1 is 1.30 bits per heavy atom. The summed E-state index contributed by atoms with van der Waals surface area (Å²) in [5.41, 5.74) is 2.08. The van der Waals surface area contributed by atoms with E-state index in [1.54, 1.807) is 37.4 Å². The van der Waals surface area contributed by atoms with Crippen LogP contribution in [0.15, 0.2) is 41.7 Å². The van der Waals surface area contributed by atoms with E-state index >= 15 is 0 Å². The topological polar surface area (TPSA) is 46.7 Å². The summed E-state index contributed by atoms with van der Waals surface area (Å²) >= 11 is 5.91. The fourth-order valence-corrected chi connectivity index (χ4v) is 2.24. The number of rotatable bonds is 2. The van der Waals surface area contributed by atoms with E-state index in [1.165, 1.54) is 10.5 Å². The van der Waals surface area contributed by atoms with Crippen molar-refractivity contribution < 1.29 is 4.39 Å². The normalized spacial score (nSPS) is 10.9. The zero-order chi connectivity index (χ0) is 14.3. The van der Waals surface area contributed by atoms with Crippen LogP contribution in [0.25, 0.3) is 16.9 Å². The van der Waals surface area contributed by atoms with E-state index in [0.717, 1.165) is 0 Å². The Hall–Kier alpha value is -2.27. The average Bonchev–Trinajstić information content (AvgIpc) is 2.79. The minimum Gasteiger partial charge on any atom is -0.280 e. The number of aromatic nitrogens is 2. The van der Waals surface area contributed by atoms with Gasteiger partial charge in [0.15, 0.2) is 0 Å². The molecule has 0 N–H and O–H groups in total. The molecule has 2 aromatic heterocycles. The molecule has 0 aliphatic rings. The van der Waals surface area contributed by atoms with E-state index < -0.39 is 0 Å². The molecule has 0 fully saturated rings. The van der Waals surface area contributed by atoms with Crippen LogP contribution in [-0.4, -0.2) is 9.38 Å². The molecule has 0 saturated carbocycles. The number of halogens is 2. The van der Waals surface area contributed by atoms with E-state index in [1.807, 2.05) is 0 Å².